The lowest BCUT2D eigenvalue weighted by Gasteiger charge is -2.19. The molecule has 0 bridgehead atoms. The summed E-state index contributed by atoms with van der Waals surface area (Å²) in [6.07, 6.45) is 3.40. The molecule has 0 spiro atoms. The maximum Gasteiger partial charge on any atom is 0.161 e. The predicted molar refractivity (Wildman–Crippen MR) is 63.9 cm³/mol. The smallest absolute Gasteiger partial charge is 0.161 e. The van der Waals surface area contributed by atoms with E-state index in [1.807, 2.05) is 31.2 Å². The third-order valence-corrected chi connectivity index (χ3v) is 2.93. The van der Waals surface area contributed by atoms with Gasteiger partial charge >= 0.3 is 0 Å². The molecule has 0 heterocycles. The number of benzene rings is 1. The number of para-hydroxylation sites is 2. The molecule has 1 saturated carbocycles. The lowest BCUT2D eigenvalue weighted by Crippen LogP contribution is -2.33. The van der Waals surface area contributed by atoms with Crippen molar-refractivity contribution in [3.8, 4) is 11.5 Å². The van der Waals surface area contributed by atoms with Gasteiger partial charge in [0, 0.05) is 6.04 Å². The number of ether oxygens (including phenoxy) is 2. The number of nitrogens with two attached hydrogens (primary N) is 1. The summed E-state index contributed by atoms with van der Waals surface area (Å²) < 4.78 is 11.4. The molecule has 0 amide bonds. The highest BCUT2D eigenvalue weighted by molar-refractivity contribution is 5.39. The van der Waals surface area contributed by atoms with Gasteiger partial charge in [-0.3, -0.25) is 0 Å². The van der Waals surface area contributed by atoms with Crippen molar-refractivity contribution in [2.45, 2.75) is 38.3 Å². The van der Waals surface area contributed by atoms with Gasteiger partial charge < -0.3 is 15.2 Å². The standard InChI is InChI=1S/C13H19NO2/c1-2-15-12-7-3-4-8-13(12)16-11-9-5-6-10(11)14/h3-4,7-8,10-11H,2,5-6,9,14H2,1H3/t10-,11+/m0/s1. The Hall–Kier alpha value is -1.22. The summed E-state index contributed by atoms with van der Waals surface area (Å²) in [6.45, 7) is 2.62. The van der Waals surface area contributed by atoms with Crippen LogP contribution >= 0.6 is 0 Å². The van der Waals surface area contributed by atoms with Crippen LogP contribution < -0.4 is 15.2 Å². The van der Waals surface area contributed by atoms with Crippen LogP contribution in [0.2, 0.25) is 0 Å². The molecule has 0 unspecified atom stereocenters. The molecule has 1 aliphatic carbocycles. The Labute approximate surface area is 96.5 Å². The van der Waals surface area contributed by atoms with E-state index in [0.717, 1.165) is 30.8 Å². The van der Waals surface area contributed by atoms with Crippen molar-refractivity contribution in [2.75, 3.05) is 6.61 Å². The van der Waals surface area contributed by atoms with Crippen LogP contribution in [0.5, 0.6) is 11.5 Å². The second-order valence-electron chi connectivity index (χ2n) is 4.13. The molecule has 88 valence electrons. The van der Waals surface area contributed by atoms with E-state index in [-0.39, 0.29) is 12.1 Å². The largest absolute Gasteiger partial charge is 0.490 e. The fourth-order valence-electron chi connectivity index (χ4n) is 2.09. The zero-order valence-corrected chi connectivity index (χ0v) is 9.69. The molecule has 2 rings (SSSR count). The maximum absolute atomic E-state index is 5.99. The molecule has 1 aromatic rings. The average Bonchev–Trinajstić information content (AvgIpc) is 2.68. The van der Waals surface area contributed by atoms with Gasteiger partial charge in [0.1, 0.15) is 6.10 Å². The van der Waals surface area contributed by atoms with Crippen LogP contribution in [0.3, 0.4) is 0 Å². The Bertz CT molecular complexity index is 340. The normalized spacial score (nSPS) is 24.4. The third kappa shape index (κ3) is 2.47. The van der Waals surface area contributed by atoms with Crippen molar-refractivity contribution in [1.82, 2.24) is 0 Å². The van der Waals surface area contributed by atoms with E-state index in [1.54, 1.807) is 0 Å². The molecule has 0 aromatic heterocycles. The Balaban J connectivity index is 2.07. The van der Waals surface area contributed by atoms with Crippen LogP contribution in [0.25, 0.3) is 0 Å². The van der Waals surface area contributed by atoms with Crippen molar-refractivity contribution in [3.05, 3.63) is 24.3 Å². The average molecular weight is 221 g/mol. The molecule has 16 heavy (non-hydrogen) atoms. The molecule has 1 aliphatic rings. The number of hydrogen-bond donors (Lipinski definition) is 1. The first kappa shape index (κ1) is 11.3. The van der Waals surface area contributed by atoms with Crippen molar-refractivity contribution < 1.29 is 9.47 Å². The molecule has 3 nitrogen and oxygen atoms in total. The zero-order chi connectivity index (χ0) is 11.4. The van der Waals surface area contributed by atoms with Crippen molar-refractivity contribution >= 4 is 0 Å². The van der Waals surface area contributed by atoms with E-state index >= 15 is 0 Å². The van der Waals surface area contributed by atoms with Gasteiger partial charge in [-0.25, -0.2) is 0 Å². The topological polar surface area (TPSA) is 44.5 Å². The Morgan fingerprint density at radius 3 is 2.62 bits per heavy atom. The molecule has 2 atom stereocenters. The second-order valence-corrected chi connectivity index (χ2v) is 4.13. The summed E-state index contributed by atoms with van der Waals surface area (Å²) in [7, 11) is 0. The van der Waals surface area contributed by atoms with E-state index in [1.165, 1.54) is 0 Å². The van der Waals surface area contributed by atoms with E-state index in [4.69, 9.17) is 15.2 Å². The zero-order valence-electron chi connectivity index (χ0n) is 9.69. The molecular weight excluding hydrogens is 202 g/mol. The first-order valence-corrected chi connectivity index (χ1v) is 5.95. The summed E-state index contributed by atoms with van der Waals surface area (Å²) in [6, 6.07) is 7.94. The summed E-state index contributed by atoms with van der Waals surface area (Å²) in [5, 5.41) is 0. The lowest BCUT2D eigenvalue weighted by molar-refractivity contribution is 0.181. The van der Waals surface area contributed by atoms with E-state index in [0.29, 0.717) is 6.61 Å². The first-order valence-electron chi connectivity index (χ1n) is 5.95. The number of hydrogen-bond acceptors (Lipinski definition) is 3. The minimum Gasteiger partial charge on any atom is -0.490 e. The van der Waals surface area contributed by atoms with Gasteiger partial charge in [0.25, 0.3) is 0 Å². The predicted octanol–water partition coefficient (Wildman–Crippen LogP) is 2.34. The summed E-state index contributed by atoms with van der Waals surface area (Å²) in [5.41, 5.74) is 5.99. The molecule has 3 heteroatoms. The maximum atomic E-state index is 5.99. The quantitative estimate of drug-likeness (QED) is 0.848. The van der Waals surface area contributed by atoms with Gasteiger partial charge in [-0.1, -0.05) is 12.1 Å². The molecule has 1 aromatic carbocycles. The van der Waals surface area contributed by atoms with Gasteiger partial charge in [0.05, 0.1) is 6.61 Å². The molecule has 0 saturated heterocycles. The van der Waals surface area contributed by atoms with Gasteiger partial charge in [0.15, 0.2) is 11.5 Å². The minimum absolute atomic E-state index is 0.140. The fraction of sp³-hybridized carbons (Fsp3) is 0.538. The van der Waals surface area contributed by atoms with Crippen molar-refractivity contribution in [3.63, 3.8) is 0 Å². The van der Waals surface area contributed by atoms with E-state index < -0.39 is 0 Å². The second kappa shape index (κ2) is 5.21. The van der Waals surface area contributed by atoms with E-state index in [9.17, 15) is 0 Å². The molecule has 0 radical (unpaired) electrons. The van der Waals surface area contributed by atoms with Gasteiger partial charge in [-0.2, -0.15) is 0 Å². The molecule has 0 aliphatic heterocycles. The van der Waals surface area contributed by atoms with Gasteiger partial charge in [0.2, 0.25) is 0 Å². The third-order valence-electron chi connectivity index (χ3n) is 2.93. The van der Waals surface area contributed by atoms with Crippen LogP contribution in [-0.4, -0.2) is 18.8 Å². The summed E-state index contributed by atoms with van der Waals surface area (Å²) in [5.74, 6) is 1.62. The summed E-state index contributed by atoms with van der Waals surface area (Å²) in [4.78, 5) is 0. The monoisotopic (exact) mass is 221 g/mol. The van der Waals surface area contributed by atoms with Gasteiger partial charge in [-0.05, 0) is 38.3 Å². The highest BCUT2D eigenvalue weighted by Crippen LogP contribution is 2.30. The van der Waals surface area contributed by atoms with Crippen LogP contribution in [0, 0.1) is 0 Å². The fourth-order valence-corrected chi connectivity index (χ4v) is 2.09. The van der Waals surface area contributed by atoms with Crippen LogP contribution in [0.4, 0.5) is 0 Å². The Morgan fingerprint density at radius 2 is 2.00 bits per heavy atom. The van der Waals surface area contributed by atoms with Crippen molar-refractivity contribution in [1.29, 1.82) is 0 Å². The SMILES string of the molecule is CCOc1ccccc1O[C@@H]1CCC[C@@H]1N. The molecular formula is C13H19NO2. The number of rotatable bonds is 4. The van der Waals surface area contributed by atoms with Crippen LogP contribution in [-0.2, 0) is 0 Å². The molecule has 1 fully saturated rings. The van der Waals surface area contributed by atoms with Crippen LogP contribution in [0.15, 0.2) is 24.3 Å². The lowest BCUT2D eigenvalue weighted by atomic mass is 10.2. The first-order chi connectivity index (χ1) is 7.81. The van der Waals surface area contributed by atoms with Crippen LogP contribution in [0.1, 0.15) is 26.2 Å². The highest BCUT2D eigenvalue weighted by atomic mass is 16.5. The highest BCUT2D eigenvalue weighted by Gasteiger charge is 2.26. The molecule has 2 N–H and O–H groups in total. The minimum atomic E-state index is 0.140. The summed E-state index contributed by atoms with van der Waals surface area (Å²) >= 11 is 0. The Kier molecular flexibility index (Phi) is 3.67. The van der Waals surface area contributed by atoms with Crippen molar-refractivity contribution in [2.24, 2.45) is 5.73 Å². The van der Waals surface area contributed by atoms with E-state index in [2.05, 4.69) is 0 Å². The Morgan fingerprint density at radius 1 is 1.25 bits per heavy atom. The van der Waals surface area contributed by atoms with Gasteiger partial charge in [-0.15, -0.1) is 0 Å².